The Bertz CT molecular complexity index is 865. The Morgan fingerprint density at radius 3 is 2.68 bits per heavy atom. The predicted molar refractivity (Wildman–Crippen MR) is 86.9 cm³/mol. The number of hydrogen-bond donors (Lipinski definition) is 1. The van der Waals surface area contributed by atoms with Crippen LogP contribution >= 0.6 is 11.8 Å². The molecule has 7 heteroatoms. The predicted octanol–water partition coefficient (Wildman–Crippen LogP) is 2.15. The topological polar surface area (TPSA) is 86.2 Å². The van der Waals surface area contributed by atoms with E-state index in [0.29, 0.717) is 5.16 Å². The molecule has 114 valence electrons. The Labute approximate surface area is 132 Å². The molecule has 6 nitrogen and oxygen atoms in total. The van der Waals surface area contributed by atoms with Gasteiger partial charge in [-0.2, -0.15) is 0 Å². The van der Waals surface area contributed by atoms with E-state index < -0.39 is 0 Å². The average Bonchev–Trinajstić information content (AvgIpc) is 2.87. The molecule has 0 saturated carbocycles. The van der Waals surface area contributed by atoms with Crippen LogP contribution in [0.25, 0.3) is 16.6 Å². The van der Waals surface area contributed by atoms with Crippen molar-refractivity contribution in [1.29, 1.82) is 0 Å². The number of rotatable bonds is 3. The number of hydrogen-bond acceptors (Lipinski definition) is 5. The number of thioether (sulfide) groups is 1. The summed E-state index contributed by atoms with van der Waals surface area (Å²) in [5, 5.41) is 10.1. The van der Waals surface area contributed by atoms with Crippen molar-refractivity contribution in [3.05, 3.63) is 30.1 Å². The third-order valence-electron chi connectivity index (χ3n) is 3.23. The standard InChI is InChI=1S/C15H17N5OS/c1-15(2,3)13-17-10-7-5-4-6-9(10)12-18-19-14(20(12)13)22-8-11(16)21/h4-7H,8H2,1-3H3,(H2,16,21). The fourth-order valence-corrected chi connectivity index (χ4v) is 2.96. The molecule has 0 radical (unpaired) electrons. The molecular formula is C15H17N5OS. The molecule has 0 unspecified atom stereocenters. The molecule has 0 fully saturated rings. The molecule has 1 amide bonds. The molecule has 3 rings (SSSR count). The minimum absolute atomic E-state index is 0.164. The molecule has 0 spiro atoms. The first kappa shape index (κ1) is 14.8. The van der Waals surface area contributed by atoms with Crippen LogP contribution in [-0.2, 0) is 10.2 Å². The highest BCUT2D eigenvalue weighted by Gasteiger charge is 2.24. The molecule has 0 aliphatic heterocycles. The monoisotopic (exact) mass is 315 g/mol. The summed E-state index contributed by atoms with van der Waals surface area (Å²) in [4.78, 5) is 15.8. The minimum atomic E-state index is -0.382. The van der Waals surface area contributed by atoms with Crippen LogP contribution in [0.15, 0.2) is 29.4 Å². The Hall–Kier alpha value is -2.15. The first-order valence-corrected chi connectivity index (χ1v) is 7.92. The molecule has 0 aliphatic carbocycles. The van der Waals surface area contributed by atoms with Gasteiger partial charge < -0.3 is 5.73 Å². The summed E-state index contributed by atoms with van der Waals surface area (Å²) < 4.78 is 1.93. The van der Waals surface area contributed by atoms with Gasteiger partial charge in [-0.3, -0.25) is 9.20 Å². The van der Waals surface area contributed by atoms with Crippen molar-refractivity contribution in [3.8, 4) is 0 Å². The van der Waals surface area contributed by atoms with Gasteiger partial charge in [0.25, 0.3) is 0 Å². The smallest absolute Gasteiger partial charge is 0.227 e. The highest BCUT2D eigenvalue weighted by atomic mass is 32.2. The van der Waals surface area contributed by atoms with Gasteiger partial charge in [0.05, 0.1) is 11.3 Å². The number of para-hydroxylation sites is 1. The number of fused-ring (bicyclic) bond motifs is 3. The SMILES string of the molecule is CC(C)(C)c1nc2ccccc2c2nnc(SCC(N)=O)n12. The van der Waals surface area contributed by atoms with E-state index in [1.165, 1.54) is 11.8 Å². The number of nitrogens with zero attached hydrogens (tertiary/aromatic N) is 4. The number of nitrogens with two attached hydrogens (primary N) is 1. The Morgan fingerprint density at radius 2 is 2.00 bits per heavy atom. The van der Waals surface area contributed by atoms with Gasteiger partial charge in [-0.05, 0) is 12.1 Å². The van der Waals surface area contributed by atoms with Crippen molar-refractivity contribution in [1.82, 2.24) is 19.6 Å². The van der Waals surface area contributed by atoms with Crippen LogP contribution in [-0.4, -0.2) is 31.2 Å². The number of aromatic nitrogens is 4. The van der Waals surface area contributed by atoms with E-state index in [0.717, 1.165) is 22.4 Å². The number of carbonyl (C=O) groups excluding carboxylic acids is 1. The van der Waals surface area contributed by atoms with E-state index in [1.807, 2.05) is 28.7 Å². The van der Waals surface area contributed by atoms with E-state index in [4.69, 9.17) is 10.7 Å². The highest BCUT2D eigenvalue weighted by molar-refractivity contribution is 7.99. The molecule has 0 saturated heterocycles. The lowest BCUT2D eigenvalue weighted by Gasteiger charge is -2.20. The minimum Gasteiger partial charge on any atom is -0.369 e. The molecule has 22 heavy (non-hydrogen) atoms. The van der Waals surface area contributed by atoms with E-state index in [-0.39, 0.29) is 17.1 Å². The lowest BCUT2D eigenvalue weighted by molar-refractivity contribution is -0.115. The third-order valence-corrected chi connectivity index (χ3v) is 4.18. The van der Waals surface area contributed by atoms with E-state index in [1.54, 1.807) is 0 Å². The van der Waals surface area contributed by atoms with Crippen molar-refractivity contribution in [2.24, 2.45) is 5.73 Å². The summed E-state index contributed by atoms with van der Waals surface area (Å²) >= 11 is 1.28. The maximum Gasteiger partial charge on any atom is 0.227 e. The van der Waals surface area contributed by atoms with Crippen LogP contribution in [0.1, 0.15) is 26.6 Å². The number of amides is 1. The van der Waals surface area contributed by atoms with Gasteiger partial charge in [0.1, 0.15) is 5.82 Å². The van der Waals surface area contributed by atoms with Crippen molar-refractivity contribution in [2.45, 2.75) is 31.3 Å². The molecule has 1 aromatic carbocycles. The molecule has 0 aliphatic rings. The fraction of sp³-hybridized carbons (Fsp3) is 0.333. The van der Waals surface area contributed by atoms with Crippen LogP contribution < -0.4 is 5.73 Å². The molecule has 0 atom stereocenters. The van der Waals surface area contributed by atoms with Gasteiger partial charge in [0.2, 0.25) is 5.91 Å². The van der Waals surface area contributed by atoms with Gasteiger partial charge in [-0.15, -0.1) is 10.2 Å². The van der Waals surface area contributed by atoms with Gasteiger partial charge in [0, 0.05) is 10.8 Å². The van der Waals surface area contributed by atoms with Crippen molar-refractivity contribution >= 4 is 34.2 Å². The Morgan fingerprint density at radius 1 is 1.27 bits per heavy atom. The maximum absolute atomic E-state index is 11.1. The maximum atomic E-state index is 11.1. The van der Waals surface area contributed by atoms with Crippen LogP contribution in [0.4, 0.5) is 0 Å². The van der Waals surface area contributed by atoms with Crippen LogP contribution in [0.2, 0.25) is 0 Å². The van der Waals surface area contributed by atoms with Gasteiger partial charge in [0.15, 0.2) is 10.8 Å². The molecular weight excluding hydrogens is 298 g/mol. The van der Waals surface area contributed by atoms with Crippen molar-refractivity contribution < 1.29 is 4.79 Å². The zero-order chi connectivity index (χ0) is 15.9. The number of primary amides is 1. The summed E-state index contributed by atoms with van der Waals surface area (Å²) in [6.07, 6.45) is 0. The molecule has 2 heterocycles. The lowest BCUT2D eigenvalue weighted by atomic mass is 9.95. The van der Waals surface area contributed by atoms with Crippen molar-refractivity contribution in [2.75, 3.05) is 5.75 Å². The summed E-state index contributed by atoms with van der Waals surface area (Å²) in [5.74, 6) is 0.642. The third kappa shape index (κ3) is 2.52. The zero-order valence-corrected chi connectivity index (χ0v) is 13.5. The molecule has 3 aromatic rings. The summed E-state index contributed by atoms with van der Waals surface area (Å²) in [6, 6.07) is 7.85. The lowest BCUT2D eigenvalue weighted by Crippen LogP contribution is -2.20. The second kappa shape index (κ2) is 5.24. The van der Waals surface area contributed by atoms with E-state index in [9.17, 15) is 4.79 Å². The zero-order valence-electron chi connectivity index (χ0n) is 12.7. The Kier molecular flexibility index (Phi) is 3.52. The van der Waals surface area contributed by atoms with Crippen LogP contribution in [0, 0.1) is 0 Å². The second-order valence-corrected chi connectivity index (χ2v) is 7.04. The van der Waals surface area contributed by atoms with Gasteiger partial charge in [-0.1, -0.05) is 44.7 Å². The summed E-state index contributed by atoms with van der Waals surface area (Å²) in [5.41, 5.74) is 6.69. The number of carbonyl (C=O) groups is 1. The van der Waals surface area contributed by atoms with Gasteiger partial charge >= 0.3 is 0 Å². The van der Waals surface area contributed by atoms with E-state index >= 15 is 0 Å². The van der Waals surface area contributed by atoms with E-state index in [2.05, 4.69) is 31.0 Å². The number of benzene rings is 1. The largest absolute Gasteiger partial charge is 0.369 e. The first-order chi connectivity index (χ1) is 10.4. The normalized spacial score (nSPS) is 12.1. The van der Waals surface area contributed by atoms with Gasteiger partial charge in [-0.25, -0.2) is 4.98 Å². The summed E-state index contributed by atoms with van der Waals surface area (Å²) in [7, 11) is 0. The van der Waals surface area contributed by atoms with Crippen molar-refractivity contribution in [3.63, 3.8) is 0 Å². The molecule has 2 aromatic heterocycles. The second-order valence-electron chi connectivity index (χ2n) is 6.10. The van der Waals surface area contributed by atoms with Crippen LogP contribution in [0.5, 0.6) is 0 Å². The molecule has 2 N–H and O–H groups in total. The quantitative estimate of drug-likeness (QED) is 0.748. The summed E-state index contributed by atoms with van der Waals surface area (Å²) in [6.45, 7) is 6.27. The molecule has 0 bridgehead atoms. The average molecular weight is 315 g/mol. The highest BCUT2D eigenvalue weighted by Crippen LogP contribution is 2.29. The first-order valence-electron chi connectivity index (χ1n) is 6.93. The van der Waals surface area contributed by atoms with Crippen LogP contribution in [0.3, 0.4) is 0 Å². The Balaban J connectivity index is 2.32. The fourth-order valence-electron chi connectivity index (χ4n) is 2.29.